The van der Waals surface area contributed by atoms with Gasteiger partial charge in [0.25, 0.3) is 23.8 Å². The van der Waals surface area contributed by atoms with Crippen LogP contribution >= 0.6 is 0 Å². The van der Waals surface area contributed by atoms with Crippen molar-refractivity contribution < 1.29 is 29.4 Å². The van der Waals surface area contributed by atoms with Gasteiger partial charge < -0.3 is 31.5 Å². The molecule has 3 aromatic carbocycles. The van der Waals surface area contributed by atoms with Crippen LogP contribution in [0.1, 0.15) is 45.7 Å². The highest BCUT2D eigenvalue weighted by Gasteiger charge is 2.12. The summed E-state index contributed by atoms with van der Waals surface area (Å²) in [6.07, 6.45) is 0. The number of hydrogen-bond donors (Lipinski definition) is 6. The molecule has 3 aromatic rings. The SMILES string of the molecule is CC(=O)O.CC(=O)O.O=C(Nc1ccc(C2=NCCN2)cc1)c1ccc(C(=O)Nc2ccc(C3=NCCN3)cc2)cc1. The summed E-state index contributed by atoms with van der Waals surface area (Å²) in [6, 6.07) is 21.6. The van der Waals surface area contributed by atoms with Crippen LogP contribution in [0.4, 0.5) is 11.4 Å². The fourth-order valence-corrected chi connectivity index (χ4v) is 3.78. The van der Waals surface area contributed by atoms with E-state index in [4.69, 9.17) is 19.8 Å². The average molecular weight is 573 g/mol. The van der Waals surface area contributed by atoms with Crippen molar-refractivity contribution >= 4 is 46.8 Å². The molecule has 0 bridgehead atoms. The highest BCUT2D eigenvalue weighted by Crippen LogP contribution is 2.15. The number of amides is 2. The first-order valence-electron chi connectivity index (χ1n) is 13.0. The Labute approximate surface area is 242 Å². The van der Waals surface area contributed by atoms with Gasteiger partial charge in [-0.3, -0.25) is 29.2 Å². The second-order valence-electron chi connectivity index (χ2n) is 8.99. The second-order valence-corrected chi connectivity index (χ2v) is 8.99. The fourth-order valence-electron chi connectivity index (χ4n) is 3.78. The van der Waals surface area contributed by atoms with Gasteiger partial charge in [0.2, 0.25) is 0 Å². The number of rotatable bonds is 6. The summed E-state index contributed by atoms with van der Waals surface area (Å²) in [4.78, 5) is 52.0. The van der Waals surface area contributed by atoms with Crippen LogP contribution in [-0.4, -0.2) is 71.8 Å². The maximum absolute atomic E-state index is 12.6. The molecule has 0 atom stereocenters. The van der Waals surface area contributed by atoms with E-state index >= 15 is 0 Å². The summed E-state index contributed by atoms with van der Waals surface area (Å²) in [5.74, 6) is -0.393. The number of aliphatic imine (C=N–C) groups is 2. The zero-order valence-corrected chi connectivity index (χ0v) is 23.2. The van der Waals surface area contributed by atoms with Crippen LogP contribution in [0.25, 0.3) is 0 Å². The first-order chi connectivity index (χ1) is 20.1. The Kier molecular flexibility index (Phi) is 11.3. The Morgan fingerprint density at radius 3 is 1.17 bits per heavy atom. The monoisotopic (exact) mass is 572 g/mol. The van der Waals surface area contributed by atoms with Gasteiger partial charge in [-0.1, -0.05) is 0 Å². The molecule has 12 nitrogen and oxygen atoms in total. The molecule has 0 saturated heterocycles. The van der Waals surface area contributed by atoms with Gasteiger partial charge in [0, 0.05) is 60.6 Å². The minimum Gasteiger partial charge on any atom is -0.481 e. The molecular formula is C30H32N6O6. The van der Waals surface area contributed by atoms with Gasteiger partial charge in [-0.25, -0.2) is 0 Å². The molecule has 0 unspecified atom stereocenters. The highest BCUT2D eigenvalue weighted by atomic mass is 16.4. The predicted octanol–water partition coefficient (Wildman–Crippen LogP) is 3.07. The first kappa shape index (κ1) is 31.0. The third-order valence-corrected chi connectivity index (χ3v) is 5.59. The molecule has 12 heteroatoms. The number of hydrogen-bond acceptors (Lipinski definition) is 8. The zero-order valence-electron chi connectivity index (χ0n) is 23.2. The summed E-state index contributed by atoms with van der Waals surface area (Å²) < 4.78 is 0. The summed E-state index contributed by atoms with van der Waals surface area (Å²) in [7, 11) is 0. The molecule has 0 radical (unpaired) electrons. The number of carbonyl (C=O) groups is 4. The standard InChI is InChI=1S/C26H24N6O2.2C2H4O2/c33-25(31-21-9-5-17(6-10-21)23-27-13-14-28-23)19-1-2-20(4-3-19)26(34)32-22-11-7-18(8-12-22)24-29-15-16-30-24;2*1-2(3)4/h1-12H,13-16H2,(H,27,28)(H,29,30)(H,31,33)(H,32,34);2*1H3,(H,3,4). The van der Waals surface area contributed by atoms with E-state index in [1.54, 1.807) is 24.3 Å². The van der Waals surface area contributed by atoms with Gasteiger partial charge in [0.1, 0.15) is 11.7 Å². The van der Waals surface area contributed by atoms with Crippen molar-refractivity contribution in [1.29, 1.82) is 0 Å². The van der Waals surface area contributed by atoms with Gasteiger partial charge in [0.05, 0.1) is 13.1 Å². The van der Waals surface area contributed by atoms with Gasteiger partial charge in [-0.05, 0) is 72.8 Å². The number of benzene rings is 3. The van der Waals surface area contributed by atoms with E-state index in [1.807, 2.05) is 48.5 Å². The smallest absolute Gasteiger partial charge is 0.300 e. The predicted molar refractivity (Wildman–Crippen MR) is 161 cm³/mol. The molecule has 0 aromatic heterocycles. The lowest BCUT2D eigenvalue weighted by molar-refractivity contribution is -0.135. The topological polar surface area (TPSA) is 182 Å². The molecule has 5 rings (SSSR count). The lowest BCUT2D eigenvalue weighted by atomic mass is 10.1. The summed E-state index contributed by atoms with van der Waals surface area (Å²) in [5.41, 5.74) is 4.30. The summed E-state index contributed by atoms with van der Waals surface area (Å²) in [5, 5.41) is 27.0. The van der Waals surface area contributed by atoms with Gasteiger partial charge in [-0.2, -0.15) is 0 Å². The number of aliphatic carboxylic acids is 2. The van der Waals surface area contributed by atoms with E-state index in [-0.39, 0.29) is 11.8 Å². The van der Waals surface area contributed by atoms with Gasteiger partial charge in [-0.15, -0.1) is 0 Å². The Morgan fingerprint density at radius 1 is 0.595 bits per heavy atom. The van der Waals surface area contributed by atoms with Crippen LogP contribution in [0.5, 0.6) is 0 Å². The molecule has 6 N–H and O–H groups in total. The molecule has 2 aliphatic heterocycles. The van der Waals surface area contributed by atoms with Crippen molar-refractivity contribution in [1.82, 2.24) is 10.6 Å². The molecule has 0 saturated carbocycles. The maximum Gasteiger partial charge on any atom is 0.300 e. The lowest BCUT2D eigenvalue weighted by Crippen LogP contribution is -2.19. The zero-order chi connectivity index (χ0) is 30.5. The minimum atomic E-state index is -0.833. The normalized spacial score (nSPS) is 12.9. The van der Waals surface area contributed by atoms with E-state index in [9.17, 15) is 9.59 Å². The van der Waals surface area contributed by atoms with Crippen molar-refractivity contribution in [2.24, 2.45) is 9.98 Å². The number of nitrogens with one attached hydrogen (secondary N) is 4. The maximum atomic E-state index is 12.6. The Hall–Kier alpha value is -5.52. The highest BCUT2D eigenvalue weighted by molar-refractivity contribution is 6.08. The first-order valence-corrected chi connectivity index (χ1v) is 13.0. The molecule has 2 heterocycles. The van der Waals surface area contributed by atoms with Crippen LogP contribution in [-0.2, 0) is 9.59 Å². The van der Waals surface area contributed by atoms with E-state index in [1.165, 1.54) is 0 Å². The molecule has 0 spiro atoms. The summed E-state index contributed by atoms with van der Waals surface area (Å²) in [6.45, 7) is 5.42. The largest absolute Gasteiger partial charge is 0.481 e. The van der Waals surface area contributed by atoms with Crippen LogP contribution in [0.2, 0.25) is 0 Å². The number of anilines is 2. The number of carboxylic acid groups (broad SMARTS) is 2. The quantitative estimate of drug-likeness (QED) is 0.261. The Morgan fingerprint density at radius 2 is 0.905 bits per heavy atom. The lowest BCUT2D eigenvalue weighted by Gasteiger charge is -2.09. The van der Waals surface area contributed by atoms with E-state index in [0.29, 0.717) is 22.5 Å². The minimum absolute atomic E-state index is 0.241. The molecule has 218 valence electrons. The van der Waals surface area contributed by atoms with E-state index in [2.05, 4.69) is 31.3 Å². The molecule has 0 fully saturated rings. The van der Waals surface area contributed by atoms with Crippen molar-refractivity contribution in [3.63, 3.8) is 0 Å². The number of nitrogens with zero attached hydrogens (tertiary/aromatic N) is 2. The van der Waals surface area contributed by atoms with Crippen molar-refractivity contribution in [2.45, 2.75) is 13.8 Å². The molecule has 2 aliphatic rings. The van der Waals surface area contributed by atoms with Crippen molar-refractivity contribution in [2.75, 3.05) is 36.8 Å². The number of amidine groups is 2. The van der Waals surface area contributed by atoms with Gasteiger partial charge in [0.15, 0.2) is 0 Å². The third-order valence-electron chi connectivity index (χ3n) is 5.59. The number of carboxylic acids is 2. The molecule has 2 amide bonds. The van der Waals surface area contributed by atoms with Crippen LogP contribution < -0.4 is 21.3 Å². The molecule has 0 aliphatic carbocycles. The molecular weight excluding hydrogens is 540 g/mol. The molecule has 42 heavy (non-hydrogen) atoms. The van der Waals surface area contributed by atoms with Crippen LogP contribution in [0.3, 0.4) is 0 Å². The van der Waals surface area contributed by atoms with E-state index in [0.717, 1.165) is 62.8 Å². The van der Waals surface area contributed by atoms with Crippen molar-refractivity contribution in [3.05, 3.63) is 95.1 Å². The number of carbonyl (C=O) groups excluding carboxylic acids is 2. The average Bonchev–Trinajstić information content (AvgIpc) is 3.69. The second kappa shape index (κ2) is 15.3. The van der Waals surface area contributed by atoms with Crippen LogP contribution in [0, 0.1) is 0 Å². The van der Waals surface area contributed by atoms with E-state index < -0.39 is 11.9 Å². The third kappa shape index (κ3) is 9.90. The Balaban J connectivity index is 0.000000540. The summed E-state index contributed by atoms with van der Waals surface area (Å²) >= 11 is 0. The fraction of sp³-hybridized carbons (Fsp3) is 0.200. The van der Waals surface area contributed by atoms with Crippen molar-refractivity contribution in [3.8, 4) is 0 Å². The van der Waals surface area contributed by atoms with Crippen LogP contribution in [0.15, 0.2) is 82.8 Å². The Bertz CT molecular complexity index is 1350. The van der Waals surface area contributed by atoms with Gasteiger partial charge >= 0.3 is 0 Å².